The topological polar surface area (TPSA) is 47.3 Å². The first-order chi connectivity index (χ1) is 7.04. The Hall–Kier alpha value is -0.390. The maximum absolute atomic E-state index is 10.4. The van der Waals surface area contributed by atoms with Gasteiger partial charge < -0.3 is 9.84 Å². The molecule has 4 nitrogen and oxygen atoms in total. The number of aliphatic hydroxyl groups is 1. The normalized spacial score (nSPS) is 26.5. The molecule has 2 heterocycles. The Labute approximate surface area is 97.4 Å². The van der Waals surface area contributed by atoms with Crippen LogP contribution in [0.15, 0.2) is 10.7 Å². The fourth-order valence-corrected chi connectivity index (χ4v) is 2.55. The summed E-state index contributed by atoms with van der Waals surface area (Å²) in [5, 5.41) is 14.7. The van der Waals surface area contributed by atoms with Gasteiger partial charge in [0.1, 0.15) is 5.60 Å². The minimum atomic E-state index is -0.889. The molecule has 1 fully saturated rings. The Balaban J connectivity index is 2.45. The lowest BCUT2D eigenvalue weighted by Gasteiger charge is -2.24. The molecule has 0 amide bonds. The van der Waals surface area contributed by atoms with Gasteiger partial charge in [0.15, 0.2) is 0 Å². The van der Waals surface area contributed by atoms with Gasteiger partial charge in [-0.25, -0.2) is 0 Å². The molecule has 2 rings (SSSR count). The maximum atomic E-state index is 10.4. The molecule has 0 spiro atoms. The molecule has 1 aromatic heterocycles. The predicted molar refractivity (Wildman–Crippen MR) is 59.6 cm³/mol. The molecule has 0 aromatic carbocycles. The van der Waals surface area contributed by atoms with Crippen LogP contribution < -0.4 is 0 Å². The molecule has 0 bridgehead atoms. The van der Waals surface area contributed by atoms with Gasteiger partial charge in [-0.05, 0) is 29.8 Å². The second kappa shape index (κ2) is 3.88. The first-order valence-corrected chi connectivity index (χ1v) is 5.87. The summed E-state index contributed by atoms with van der Waals surface area (Å²) < 4.78 is 7.96. The quantitative estimate of drug-likeness (QED) is 0.895. The van der Waals surface area contributed by atoms with Crippen molar-refractivity contribution in [2.45, 2.75) is 31.9 Å². The zero-order valence-corrected chi connectivity index (χ0v) is 10.5. The number of hydrogen-bond acceptors (Lipinski definition) is 3. The maximum Gasteiger partial charge on any atom is 0.133 e. The lowest BCUT2D eigenvalue weighted by Crippen LogP contribution is -2.30. The summed E-state index contributed by atoms with van der Waals surface area (Å²) in [6, 6.07) is 0.232. The van der Waals surface area contributed by atoms with E-state index in [4.69, 9.17) is 4.74 Å². The molecular formula is C10H15BrN2O2. The second-order valence-corrected chi connectivity index (χ2v) is 5.07. The Morgan fingerprint density at radius 3 is 2.93 bits per heavy atom. The van der Waals surface area contributed by atoms with Crippen LogP contribution in [0.3, 0.4) is 0 Å². The van der Waals surface area contributed by atoms with Crippen LogP contribution in [0, 0.1) is 0 Å². The highest BCUT2D eigenvalue weighted by molar-refractivity contribution is 9.10. The van der Waals surface area contributed by atoms with Crippen molar-refractivity contribution in [2.24, 2.45) is 0 Å². The van der Waals surface area contributed by atoms with Crippen molar-refractivity contribution in [3.63, 3.8) is 0 Å². The van der Waals surface area contributed by atoms with Gasteiger partial charge in [0.05, 0.1) is 23.0 Å². The molecule has 1 aliphatic heterocycles. The molecule has 1 aromatic rings. The van der Waals surface area contributed by atoms with Crippen LogP contribution in [0.5, 0.6) is 0 Å². The van der Waals surface area contributed by atoms with E-state index in [1.165, 1.54) is 0 Å². The van der Waals surface area contributed by atoms with E-state index >= 15 is 0 Å². The molecule has 15 heavy (non-hydrogen) atoms. The first-order valence-electron chi connectivity index (χ1n) is 5.08. The van der Waals surface area contributed by atoms with E-state index in [9.17, 15) is 5.11 Å². The summed E-state index contributed by atoms with van der Waals surface area (Å²) in [6.07, 6.45) is 2.36. The lowest BCUT2D eigenvalue weighted by molar-refractivity contribution is 0.0138. The van der Waals surface area contributed by atoms with Gasteiger partial charge in [0.2, 0.25) is 0 Å². The molecule has 1 atom stereocenters. The van der Waals surface area contributed by atoms with Crippen LogP contribution in [0.2, 0.25) is 0 Å². The van der Waals surface area contributed by atoms with Crippen molar-refractivity contribution in [3.05, 3.63) is 16.4 Å². The van der Waals surface area contributed by atoms with Gasteiger partial charge >= 0.3 is 0 Å². The highest BCUT2D eigenvalue weighted by atomic mass is 79.9. The van der Waals surface area contributed by atoms with Crippen LogP contribution in [-0.4, -0.2) is 28.1 Å². The van der Waals surface area contributed by atoms with E-state index in [1.807, 2.05) is 18.5 Å². The average Bonchev–Trinajstić information content (AvgIpc) is 2.72. The zero-order valence-electron chi connectivity index (χ0n) is 8.90. The number of nitrogens with zero attached hydrogens (tertiary/aromatic N) is 2. The van der Waals surface area contributed by atoms with Crippen LogP contribution >= 0.6 is 15.9 Å². The van der Waals surface area contributed by atoms with Crippen molar-refractivity contribution < 1.29 is 9.84 Å². The standard InChI is InChI=1S/C10H15BrN2O2/c1-7(2)13-9(8(11)5-12-13)10(14)3-4-15-6-10/h5,7,14H,3-4,6H2,1-2H3. The fraction of sp³-hybridized carbons (Fsp3) is 0.700. The number of hydrogen-bond donors (Lipinski definition) is 1. The fourth-order valence-electron chi connectivity index (χ4n) is 1.91. The Morgan fingerprint density at radius 2 is 2.40 bits per heavy atom. The third-order valence-electron chi connectivity index (χ3n) is 2.68. The zero-order chi connectivity index (χ0) is 11.1. The molecule has 1 aliphatic rings. The lowest BCUT2D eigenvalue weighted by atomic mass is 9.99. The van der Waals surface area contributed by atoms with Gasteiger partial charge in [-0.15, -0.1) is 0 Å². The van der Waals surface area contributed by atoms with Crippen LogP contribution in [0.4, 0.5) is 0 Å². The highest BCUT2D eigenvalue weighted by Gasteiger charge is 2.39. The van der Waals surface area contributed by atoms with Crippen molar-refractivity contribution in [1.82, 2.24) is 9.78 Å². The molecule has 0 radical (unpaired) electrons. The van der Waals surface area contributed by atoms with Gasteiger partial charge in [-0.3, -0.25) is 4.68 Å². The van der Waals surface area contributed by atoms with Gasteiger partial charge in [-0.1, -0.05) is 0 Å². The Kier molecular flexibility index (Phi) is 2.87. The van der Waals surface area contributed by atoms with Crippen LogP contribution in [-0.2, 0) is 10.3 Å². The van der Waals surface area contributed by atoms with Crippen LogP contribution in [0.1, 0.15) is 32.0 Å². The second-order valence-electron chi connectivity index (χ2n) is 4.21. The predicted octanol–water partition coefficient (Wildman–Crippen LogP) is 1.83. The Morgan fingerprint density at radius 1 is 1.67 bits per heavy atom. The smallest absolute Gasteiger partial charge is 0.133 e. The first kappa shape index (κ1) is 11.1. The summed E-state index contributed by atoms with van der Waals surface area (Å²) >= 11 is 3.43. The molecule has 5 heteroatoms. The van der Waals surface area contributed by atoms with E-state index in [0.29, 0.717) is 19.6 Å². The summed E-state index contributed by atoms with van der Waals surface area (Å²) in [7, 11) is 0. The van der Waals surface area contributed by atoms with E-state index in [1.54, 1.807) is 6.20 Å². The van der Waals surface area contributed by atoms with E-state index < -0.39 is 5.60 Å². The van der Waals surface area contributed by atoms with Gasteiger partial charge in [0, 0.05) is 19.1 Å². The summed E-state index contributed by atoms with van der Waals surface area (Å²) in [5.41, 5.74) is -0.0606. The van der Waals surface area contributed by atoms with E-state index in [-0.39, 0.29) is 6.04 Å². The van der Waals surface area contributed by atoms with Crippen molar-refractivity contribution in [2.75, 3.05) is 13.2 Å². The monoisotopic (exact) mass is 274 g/mol. The minimum absolute atomic E-state index is 0.232. The SMILES string of the molecule is CC(C)n1ncc(Br)c1C1(O)CCOC1. The van der Waals surface area contributed by atoms with Gasteiger partial charge in [0.25, 0.3) is 0 Å². The third kappa shape index (κ3) is 1.84. The minimum Gasteiger partial charge on any atom is -0.381 e. The molecule has 0 saturated carbocycles. The van der Waals surface area contributed by atoms with Gasteiger partial charge in [-0.2, -0.15) is 5.10 Å². The largest absolute Gasteiger partial charge is 0.381 e. The summed E-state index contributed by atoms with van der Waals surface area (Å²) in [6.45, 7) is 5.04. The van der Waals surface area contributed by atoms with Crippen molar-refractivity contribution >= 4 is 15.9 Å². The number of rotatable bonds is 2. The number of ether oxygens (including phenoxy) is 1. The summed E-state index contributed by atoms with van der Waals surface area (Å²) in [5.74, 6) is 0. The number of aromatic nitrogens is 2. The highest BCUT2D eigenvalue weighted by Crippen LogP contribution is 2.36. The molecule has 0 aliphatic carbocycles. The summed E-state index contributed by atoms with van der Waals surface area (Å²) in [4.78, 5) is 0. The molecular weight excluding hydrogens is 260 g/mol. The molecule has 1 N–H and O–H groups in total. The van der Waals surface area contributed by atoms with Crippen LogP contribution in [0.25, 0.3) is 0 Å². The van der Waals surface area contributed by atoms with Crippen molar-refractivity contribution in [3.8, 4) is 0 Å². The average molecular weight is 275 g/mol. The van der Waals surface area contributed by atoms with E-state index in [0.717, 1.165) is 10.2 Å². The Bertz CT molecular complexity index is 356. The van der Waals surface area contributed by atoms with E-state index in [2.05, 4.69) is 21.0 Å². The number of halogens is 1. The molecule has 84 valence electrons. The van der Waals surface area contributed by atoms with Crippen molar-refractivity contribution in [1.29, 1.82) is 0 Å². The molecule has 1 saturated heterocycles. The molecule has 1 unspecified atom stereocenters. The third-order valence-corrected chi connectivity index (χ3v) is 3.26.